The number of fused-ring (bicyclic) bond motifs is 1. The highest BCUT2D eigenvalue weighted by atomic mass is 79.9. The first-order chi connectivity index (χ1) is 11.5. The van der Waals surface area contributed by atoms with Crippen LogP contribution in [0.4, 0.5) is 16.2 Å². The zero-order valence-corrected chi connectivity index (χ0v) is 15.7. The smallest absolute Gasteiger partial charge is 0.326 e. The highest BCUT2D eigenvalue weighted by molar-refractivity contribution is 9.10. The van der Waals surface area contributed by atoms with Gasteiger partial charge in [0.15, 0.2) is 0 Å². The number of anilines is 2. The molecule has 0 aromatic heterocycles. The predicted molar refractivity (Wildman–Crippen MR) is 101 cm³/mol. The topological polar surface area (TPSA) is 41.6 Å². The lowest BCUT2D eigenvalue weighted by Crippen LogP contribution is -2.45. The van der Waals surface area contributed by atoms with Gasteiger partial charge in [0.25, 0.3) is 0 Å². The standard InChI is InChI=1S/C19H21BrN2O2/c1-4-15-11-22(17-9-12(2)5-8-18(17)24-15)19(23)21-14-6-7-16(20)13(3)10-14/h5-10,15H,4,11H2,1-3H3,(H,21,23). The molecule has 2 aromatic carbocycles. The van der Waals surface area contributed by atoms with Gasteiger partial charge in [0.2, 0.25) is 0 Å². The van der Waals surface area contributed by atoms with E-state index in [1.165, 1.54) is 0 Å². The normalized spacial score (nSPS) is 16.3. The van der Waals surface area contributed by atoms with Crippen LogP contribution in [0, 0.1) is 13.8 Å². The molecule has 126 valence electrons. The molecule has 1 aliphatic rings. The van der Waals surface area contributed by atoms with Crippen LogP contribution in [-0.4, -0.2) is 18.7 Å². The lowest BCUT2D eigenvalue weighted by Gasteiger charge is -2.34. The molecule has 1 heterocycles. The molecule has 1 aliphatic heterocycles. The van der Waals surface area contributed by atoms with Crippen LogP contribution in [0.15, 0.2) is 40.9 Å². The Balaban J connectivity index is 1.88. The summed E-state index contributed by atoms with van der Waals surface area (Å²) in [5.41, 5.74) is 3.79. The minimum atomic E-state index is -0.134. The quantitative estimate of drug-likeness (QED) is 0.760. The van der Waals surface area contributed by atoms with Crippen LogP contribution < -0.4 is 15.0 Å². The third-order valence-electron chi connectivity index (χ3n) is 4.19. The predicted octanol–water partition coefficient (Wildman–Crippen LogP) is 5.28. The SMILES string of the molecule is CCC1CN(C(=O)Nc2ccc(Br)c(C)c2)c2cc(C)ccc2O1. The van der Waals surface area contributed by atoms with Crippen molar-refractivity contribution in [1.29, 1.82) is 0 Å². The van der Waals surface area contributed by atoms with E-state index in [0.29, 0.717) is 6.54 Å². The Kier molecular flexibility index (Phi) is 4.81. The van der Waals surface area contributed by atoms with Gasteiger partial charge in [-0.15, -0.1) is 0 Å². The van der Waals surface area contributed by atoms with Crippen LogP contribution in [0.1, 0.15) is 24.5 Å². The van der Waals surface area contributed by atoms with Crippen molar-refractivity contribution in [2.75, 3.05) is 16.8 Å². The largest absolute Gasteiger partial charge is 0.486 e. The number of ether oxygens (including phenoxy) is 1. The van der Waals surface area contributed by atoms with E-state index < -0.39 is 0 Å². The molecule has 1 unspecified atom stereocenters. The molecule has 1 atom stereocenters. The Hall–Kier alpha value is -2.01. The second kappa shape index (κ2) is 6.85. The van der Waals surface area contributed by atoms with Crippen molar-refractivity contribution in [1.82, 2.24) is 0 Å². The van der Waals surface area contributed by atoms with Crippen LogP contribution >= 0.6 is 15.9 Å². The van der Waals surface area contributed by atoms with Crippen molar-refractivity contribution >= 4 is 33.3 Å². The monoisotopic (exact) mass is 388 g/mol. The summed E-state index contributed by atoms with van der Waals surface area (Å²) in [7, 11) is 0. The molecule has 4 nitrogen and oxygen atoms in total. The molecule has 0 fully saturated rings. The summed E-state index contributed by atoms with van der Waals surface area (Å²) in [5.74, 6) is 0.765. The number of rotatable bonds is 2. The van der Waals surface area contributed by atoms with Gasteiger partial charge in [0.1, 0.15) is 11.9 Å². The number of carbonyl (C=O) groups is 1. The number of hydrogen-bond donors (Lipinski definition) is 1. The Morgan fingerprint density at radius 3 is 2.79 bits per heavy atom. The Bertz CT molecular complexity index is 776. The maximum atomic E-state index is 12.8. The first-order valence-electron chi connectivity index (χ1n) is 8.10. The average Bonchev–Trinajstić information content (AvgIpc) is 2.57. The second-order valence-corrected chi connectivity index (χ2v) is 6.98. The van der Waals surface area contributed by atoms with Crippen molar-refractivity contribution in [3.8, 4) is 5.75 Å². The van der Waals surface area contributed by atoms with Gasteiger partial charge in [0, 0.05) is 10.2 Å². The molecule has 2 aromatic rings. The number of nitrogens with zero attached hydrogens (tertiary/aromatic N) is 1. The fourth-order valence-electron chi connectivity index (χ4n) is 2.77. The molecule has 0 bridgehead atoms. The lowest BCUT2D eigenvalue weighted by molar-refractivity contribution is 0.188. The van der Waals surface area contributed by atoms with E-state index >= 15 is 0 Å². The molecule has 2 amide bonds. The van der Waals surface area contributed by atoms with E-state index in [-0.39, 0.29) is 12.1 Å². The summed E-state index contributed by atoms with van der Waals surface area (Å²) >= 11 is 3.48. The number of benzene rings is 2. The molecule has 24 heavy (non-hydrogen) atoms. The Morgan fingerprint density at radius 2 is 2.08 bits per heavy atom. The third kappa shape index (κ3) is 3.41. The fraction of sp³-hybridized carbons (Fsp3) is 0.316. The summed E-state index contributed by atoms with van der Waals surface area (Å²) in [4.78, 5) is 14.6. The van der Waals surface area contributed by atoms with Crippen LogP contribution in [0.25, 0.3) is 0 Å². The second-order valence-electron chi connectivity index (χ2n) is 6.12. The van der Waals surface area contributed by atoms with Crippen LogP contribution in [0.3, 0.4) is 0 Å². The molecule has 0 saturated heterocycles. The van der Waals surface area contributed by atoms with E-state index in [1.807, 2.05) is 50.2 Å². The molecule has 0 saturated carbocycles. The van der Waals surface area contributed by atoms with E-state index in [1.54, 1.807) is 4.90 Å². The van der Waals surface area contributed by atoms with E-state index in [4.69, 9.17) is 4.74 Å². The number of nitrogens with one attached hydrogen (secondary N) is 1. The Labute approximate surface area is 150 Å². The van der Waals surface area contributed by atoms with Gasteiger partial charge in [-0.2, -0.15) is 0 Å². The summed E-state index contributed by atoms with van der Waals surface area (Å²) in [6, 6.07) is 11.6. The maximum absolute atomic E-state index is 12.8. The van der Waals surface area contributed by atoms with Gasteiger partial charge >= 0.3 is 6.03 Å². The summed E-state index contributed by atoms with van der Waals surface area (Å²) in [6.07, 6.45) is 0.867. The van der Waals surface area contributed by atoms with Crippen molar-refractivity contribution < 1.29 is 9.53 Å². The first-order valence-corrected chi connectivity index (χ1v) is 8.89. The molecule has 0 spiro atoms. The maximum Gasteiger partial charge on any atom is 0.326 e. The Morgan fingerprint density at radius 1 is 1.29 bits per heavy atom. The van der Waals surface area contributed by atoms with E-state index in [0.717, 1.165) is 39.1 Å². The summed E-state index contributed by atoms with van der Waals surface area (Å²) < 4.78 is 7.00. The number of carbonyl (C=O) groups excluding carboxylic acids is 1. The summed E-state index contributed by atoms with van der Waals surface area (Å²) in [6.45, 7) is 6.63. The van der Waals surface area contributed by atoms with Gasteiger partial charge in [-0.3, -0.25) is 4.90 Å². The van der Waals surface area contributed by atoms with Gasteiger partial charge < -0.3 is 10.1 Å². The molecular formula is C19H21BrN2O2. The summed E-state index contributed by atoms with van der Waals surface area (Å²) in [5, 5.41) is 3.00. The molecule has 3 rings (SSSR count). The first kappa shape index (κ1) is 16.8. The van der Waals surface area contributed by atoms with E-state index in [2.05, 4.69) is 28.2 Å². The molecular weight excluding hydrogens is 368 g/mol. The highest BCUT2D eigenvalue weighted by Crippen LogP contribution is 2.35. The zero-order chi connectivity index (χ0) is 17.3. The van der Waals surface area contributed by atoms with Gasteiger partial charge in [-0.1, -0.05) is 28.9 Å². The number of aryl methyl sites for hydroxylation is 2. The highest BCUT2D eigenvalue weighted by Gasteiger charge is 2.29. The van der Waals surface area contributed by atoms with Crippen LogP contribution in [0.5, 0.6) is 5.75 Å². The van der Waals surface area contributed by atoms with Gasteiger partial charge in [-0.05, 0) is 61.7 Å². The van der Waals surface area contributed by atoms with Crippen molar-refractivity contribution in [2.45, 2.75) is 33.3 Å². The lowest BCUT2D eigenvalue weighted by atomic mass is 10.1. The molecule has 0 aliphatic carbocycles. The molecule has 5 heteroatoms. The van der Waals surface area contributed by atoms with Gasteiger partial charge in [-0.25, -0.2) is 4.79 Å². The minimum Gasteiger partial charge on any atom is -0.486 e. The van der Waals surface area contributed by atoms with Crippen molar-refractivity contribution in [3.63, 3.8) is 0 Å². The fourth-order valence-corrected chi connectivity index (χ4v) is 3.02. The number of halogens is 1. The van der Waals surface area contributed by atoms with Crippen molar-refractivity contribution in [3.05, 3.63) is 52.0 Å². The third-order valence-corrected chi connectivity index (χ3v) is 5.08. The van der Waals surface area contributed by atoms with Crippen molar-refractivity contribution in [2.24, 2.45) is 0 Å². The van der Waals surface area contributed by atoms with E-state index in [9.17, 15) is 4.79 Å². The number of hydrogen-bond acceptors (Lipinski definition) is 2. The average molecular weight is 389 g/mol. The molecule has 1 N–H and O–H groups in total. The van der Waals surface area contributed by atoms with Crippen LogP contribution in [0.2, 0.25) is 0 Å². The van der Waals surface area contributed by atoms with Crippen LogP contribution in [-0.2, 0) is 0 Å². The number of amides is 2. The number of urea groups is 1. The zero-order valence-electron chi connectivity index (χ0n) is 14.1. The van der Waals surface area contributed by atoms with Gasteiger partial charge in [0.05, 0.1) is 12.2 Å². The molecule has 0 radical (unpaired) electrons. The minimum absolute atomic E-state index is 0.0117.